The van der Waals surface area contributed by atoms with Gasteiger partial charge in [0.1, 0.15) is 5.82 Å². The van der Waals surface area contributed by atoms with E-state index in [-0.39, 0.29) is 0 Å². The Morgan fingerprint density at radius 2 is 2.16 bits per heavy atom. The number of nitrogens with two attached hydrogens (primary N) is 1. The van der Waals surface area contributed by atoms with Crippen molar-refractivity contribution in [2.75, 3.05) is 5.73 Å². The number of rotatable bonds is 3. The summed E-state index contributed by atoms with van der Waals surface area (Å²) in [6, 6.07) is 2.12. The Balaban J connectivity index is 1.85. The van der Waals surface area contributed by atoms with Crippen molar-refractivity contribution in [3.63, 3.8) is 0 Å². The lowest BCUT2D eigenvalue weighted by Gasteiger charge is -2.18. The van der Waals surface area contributed by atoms with Crippen LogP contribution in [0.25, 0.3) is 11.4 Å². The van der Waals surface area contributed by atoms with Gasteiger partial charge in [-0.05, 0) is 25.3 Å². The maximum Gasteiger partial charge on any atom is 0.184 e. The molecule has 4 nitrogen and oxygen atoms in total. The number of hydrogen-bond acceptors (Lipinski definition) is 4. The molecule has 0 unspecified atom stereocenters. The van der Waals surface area contributed by atoms with Crippen molar-refractivity contribution in [1.82, 2.24) is 15.2 Å². The van der Waals surface area contributed by atoms with Gasteiger partial charge in [0.25, 0.3) is 0 Å². The molecule has 0 saturated heterocycles. The topological polar surface area (TPSA) is 67.6 Å². The van der Waals surface area contributed by atoms with Gasteiger partial charge in [-0.3, -0.25) is 5.10 Å². The molecule has 19 heavy (non-hydrogen) atoms. The average Bonchev–Trinajstić information content (AvgIpc) is 3.06. The predicted molar refractivity (Wildman–Crippen MR) is 79.3 cm³/mol. The molecule has 1 aliphatic carbocycles. The summed E-state index contributed by atoms with van der Waals surface area (Å²) < 4.78 is 0. The van der Waals surface area contributed by atoms with E-state index in [2.05, 4.69) is 28.2 Å². The van der Waals surface area contributed by atoms with Crippen LogP contribution in [0.3, 0.4) is 0 Å². The van der Waals surface area contributed by atoms with Gasteiger partial charge in [-0.15, -0.1) is 11.3 Å². The number of anilines is 1. The first-order valence-electron chi connectivity index (χ1n) is 7.08. The van der Waals surface area contributed by atoms with E-state index < -0.39 is 0 Å². The molecule has 0 spiro atoms. The summed E-state index contributed by atoms with van der Waals surface area (Å²) >= 11 is 1.64. The smallest absolute Gasteiger partial charge is 0.184 e. The molecule has 2 aromatic rings. The van der Waals surface area contributed by atoms with Crippen LogP contribution in [0.15, 0.2) is 6.07 Å². The molecule has 2 heterocycles. The zero-order valence-corrected chi connectivity index (χ0v) is 12.1. The monoisotopic (exact) mass is 276 g/mol. The van der Waals surface area contributed by atoms with Crippen molar-refractivity contribution in [1.29, 1.82) is 0 Å². The summed E-state index contributed by atoms with van der Waals surface area (Å²) in [6.07, 6.45) is 7.44. The van der Waals surface area contributed by atoms with Gasteiger partial charge in [0.2, 0.25) is 0 Å². The summed E-state index contributed by atoms with van der Waals surface area (Å²) in [4.78, 5) is 5.96. The Morgan fingerprint density at radius 1 is 1.37 bits per heavy atom. The van der Waals surface area contributed by atoms with E-state index in [0.717, 1.165) is 28.6 Å². The fraction of sp³-hybridized carbons (Fsp3) is 0.571. The summed E-state index contributed by atoms with van der Waals surface area (Å²) in [6.45, 7) is 2.14. The minimum atomic E-state index is 0.556. The second-order valence-corrected chi connectivity index (χ2v) is 6.39. The number of H-pyrrole nitrogens is 1. The summed E-state index contributed by atoms with van der Waals surface area (Å²) in [7, 11) is 0. The highest BCUT2D eigenvalue weighted by molar-refractivity contribution is 7.16. The van der Waals surface area contributed by atoms with Crippen molar-refractivity contribution >= 4 is 16.3 Å². The van der Waals surface area contributed by atoms with Crippen LogP contribution in [0.5, 0.6) is 0 Å². The largest absolute Gasteiger partial charge is 0.390 e. The number of hydrogen-bond donors (Lipinski definition) is 2. The van der Waals surface area contributed by atoms with E-state index >= 15 is 0 Å². The van der Waals surface area contributed by atoms with Crippen molar-refractivity contribution < 1.29 is 0 Å². The normalized spacial score (nSPS) is 16.9. The van der Waals surface area contributed by atoms with Gasteiger partial charge >= 0.3 is 0 Å². The predicted octanol–water partition coefficient (Wildman–Crippen LogP) is 3.73. The molecule has 0 radical (unpaired) electrons. The molecule has 0 amide bonds. The van der Waals surface area contributed by atoms with E-state index in [1.807, 2.05) is 0 Å². The molecule has 0 aromatic carbocycles. The van der Waals surface area contributed by atoms with Crippen molar-refractivity contribution in [2.45, 2.75) is 51.4 Å². The van der Waals surface area contributed by atoms with Gasteiger partial charge < -0.3 is 5.73 Å². The molecule has 2 aromatic heterocycles. The van der Waals surface area contributed by atoms with Gasteiger partial charge in [0, 0.05) is 10.8 Å². The first-order chi connectivity index (χ1) is 9.28. The molecule has 1 fully saturated rings. The zero-order chi connectivity index (χ0) is 13.2. The number of aromatic amines is 1. The molecule has 0 atom stereocenters. The van der Waals surface area contributed by atoms with Crippen molar-refractivity contribution in [3.8, 4) is 11.4 Å². The molecule has 3 rings (SSSR count). The quantitative estimate of drug-likeness (QED) is 0.897. The average molecular weight is 276 g/mol. The Labute approximate surface area is 117 Å². The van der Waals surface area contributed by atoms with Crippen LogP contribution < -0.4 is 5.73 Å². The third-order valence-electron chi connectivity index (χ3n) is 3.90. The SMILES string of the molecule is CCc1cc(-c2n[nH]c(C3CCCCC3)n2)c(N)s1. The second kappa shape index (κ2) is 5.33. The van der Waals surface area contributed by atoms with Crippen molar-refractivity contribution in [3.05, 3.63) is 16.8 Å². The van der Waals surface area contributed by atoms with Crippen molar-refractivity contribution in [2.24, 2.45) is 0 Å². The van der Waals surface area contributed by atoms with Gasteiger partial charge in [-0.25, -0.2) is 4.98 Å². The molecule has 1 saturated carbocycles. The van der Waals surface area contributed by atoms with Gasteiger partial charge in [-0.1, -0.05) is 26.2 Å². The standard InChI is InChI=1S/C14H20N4S/c1-2-10-8-11(12(15)19-10)14-16-13(17-18-14)9-6-4-3-5-7-9/h8-9H,2-7,15H2,1H3,(H,16,17,18). The Kier molecular flexibility index (Phi) is 3.55. The van der Waals surface area contributed by atoms with Crippen LogP contribution in [-0.4, -0.2) is 15.2 Å². The van der Waals surface area contributed by atoms with E-state index in [4.69, 9.17) is 5.73 Å². The molecule has 0 aliphatic heterocycles. The van der Waals surface area contributed by atoms with Crippen LogP contribution in [-0.2, 0) is 6.42 Å². The van der Waals surface area contributed by atoms with E-state index in [1.165, 1.54) is 37.0 Å². The minimum absolute atomic E-state index is 0.556. The lowest BCUT2D eigenvalue weighted by atomic mass is 9.89. The fourth-order valence-corrected chi connectivity index (χ4v) is 3.62. The minimum Gasteiger partial charge on any atom is -0.390 e. The van der Waals surface area contributed by atoms with Crippen LogP contribution in [0, 0.1) is 0 Å². The summed E-state index contributed by atoms with van der Waals surface area (Å²) in [5, 5.41) is 8.30. The van der Waals surface area contributed by atoms with Gasteiger partial charge in [0.05, 0.1) is 10.6 Å². The van der Waals surface area contributed by atoms with Crippen LogP contribution >= 0.6 is 11.3 Å². The first-order valence-corrected chi connectivity index (χ1v) is 7.90. The second-order valence-electron chi connectivity index (χ2n) is 5.22. The highest BCUT2D eigenvalue weighted by atomic mass is 32.1. The molecule has 5 heteroatoms. The maximum absolute atomic E-state index is 6.06. The number of nitrogens with zero attached hydrogens (tertiary/aromatic N) is 2. The summed E-state index contributed by atoms with van der Waals surface area (Å²) in [5.41, 5.74) is 7.05. The van der Waals surface area contributed by atoms with E-state index in [9.17, 15) is 0 Å². The highest BCUT2D eigenvalue weighted by Crippen LogP contribution is 2.35. The number of nitrogen functional groups attached to an aromatic ring is 1. The number of aryl methyl sites for hydroxylation is 1. The number of nitrogens with one attached hydrogen (secondary N) is 1. The molecule has 0 bridgehead atoms. The Hall–Kier alpha value is -1.36. The fourth-order valence-electron chi connectivity index (χ4n) is 2.76. The summed E-state index contributed by atoms with van der Waals surface area (Å²) in [5.74, 6) is 2.35. The third kappa shape index (κ3) is 2.52. The maximum atomic E-state index is 6.06. The van der Waals surface area contributed by atoms with Crippen LogP contribution in [0.2, 0.25) is 0 Å². The van der Waals surface area contributed by atoms with Crippen LogP contribution in [0.1, 0.15) is 55.6 Å². The Bertz CT molecular complexity index is 552. The molecule has 102 valence electrons. The molecular weight excluding hydrogens is 256 g/mol. The third-order valence-corrected chi connectivity index (χ3v) is 5.00. The van der Waals surface area contributed by atoms with Crippen LogP contribution in [0.4, 0.5) is 5.00 Å². The number of aromatic nitrogens is 3. The lowest BCUT2D eigenvalue weighted by Crippen LogP contribution is -2.06. The molecule has 3 N–H and O–H groups in total. The molecular formula is C14H20N4S. The van der Waals surface area contributed by atoms with E-state index in [1.54, 1.807) is 11.3 Å². The number of thiophene rings is 1. The first kappa shape index (κ1) is 12.7. The highest BCUT2D eigenvalue weighted by Gasteiger charge is 2.20. The zero-order valence-electron chi connectivity index (χ0n) is 11.3. The molecule has 1 aliphatic rings. The van der Waals surface area contributed by atoms with Gasteiger partial charge in [-0.2, -0.15) is 5.10 Å². The lowest BCUT2D eigenvalue weighted by molar-refractivity contribution is 0.429. The van der Waals surface area contributed by atoms with Gasteiger partial charge in [0.15, 0.2) is 5.82 Å². The van der Waals surface area contributed by atoms with E-state index in [0.29, 0.717) is 5.92 Å². The Morgan fingerprint density at radius 3 is 2.84 bits per heavy atom.